The molecule has 1 aromatic carbocycles. The van der Waals surface area contributed by atoms with Crippen molar-refractivity contribution < 1.29 is 22.0 Å². The largest absolute Gasteiger partial charge is 0.461 e. The van der Waals surface area contributed by atoms with Crippen LogP contribution in [0.1, 0.15) is 24.0 Å². The number of hydrogen-bond acceptors (Lipinski definition) is 8. The summed E-state index contributed by atoms with van der Waals surface area (Å²) in [4.78, 5) is 14.8. The second-order valence-electron chi connectivity index (χ2n) is 7.98. The highest BCUT2D eigenvalue weighted by Crippen LogP contribution is 2.31. The third-order valence-corrected chi connectivity index (χ3v) is 5.72. The van der Waals surface area contributed by atoms with Crippen molar-refractivity contribution in [3.05, 3.63) is 53.5 Å². The zero-order valence-electron chi connectivity index (χ0n) is 17.8. The molecule has 178 valence electrons. The number of aromatic nitrogens is 5. The molecular formula is C21H20F4N8O. The van der Waals surface area contributed by atoms with Crippen molar-refractivity contribution in [1.82, 2.24) is 29.5 Å². The smallest absolute Gasteiger partial charge is 0.416 e. The molecule has 1 aliphatic heterocycles. The molecule has 4 aromatic rings. The minimum Gasteiger partial charge on any atom is -0.461 e. The third-order valence-electron chi connectivity index (χ3n) is 5.72. The van der Waals surface area contributed by atoms with Crippen LogP contribution in [0.15, 0.2) is 41.0 Å². The van der Waals surface area contributed by atoms with E-state index < -0.39 is 17.6 Å². The van der Waals surface area contributed by atoms with Crippen LogP contribution in [0.25, 0.3) is 17.4 Å². The molecule has 4 heterocycles. The third kappa shape index (κ3) is 4.38. The molecule has 0 bridgehead atoms. The number of benzene rings is 1. The van der Waals surface area contributed by atoms with Crippen LogP contribution < -0.4 is 11.1 Å². The Balaban J connectivity index is 1.29. The Morgan fingerprint density at radius 2 is 2.03 bits per heavy atom. The highest BCUT2D eigenvalue weighted by Gasteiger charge is 2.32. The zero-order chi connectivity index (χ0) is 23.9. The summed E-state index contributed by atoms with van der Waals surface area (Å²) >= 11 is 0. The van der Waals surface area contributed by atoms with Crippen LogP contribution in [-0.2, 0) is 12.7 Å². The molecule has 34 heavy (non-hydrogen) atoms. The summed E-state index contributed by atoms with van der Waals surface area (Å²) < 4.78 is 59.9. The molecule has 13 heteroatoms. The number of nitrogens with two attached hydrogens (primary N) is 1. The summed E-state index contributed by atoms with van der Waals surface area (Å²) in [5, 5.41) is 7.34. The molecule has 1 saturated heterocycles. The van der Waals surface area contributed by atoms with Gasteiger partial charge in [0.05, 0.1) is 11.8 Å². The van der Waals surface area contributed by atoms with E-state index in [1.807, 2.05) is 4.90 Å². The Morgan fingerprint density at radius 3 is 2.79 bits per heavy atom. The maximum atomic E-state index is 14.2. The van der Waals surface area contributed by atoms with Crippen LogP contribution in [0.5, 0.6) is 0 Å². The molecule has 1 atom stereocenters. The summed E-state index contributed by atoms with van der Waals surface area (Å²) in [7, 11) is 0. The molecule has 1 aliphatic rings. The van der Waals surface area contributed by atoms with Gasteiger partial charge in [-0.15, -0.1) is 5.10 Å². The fraction of sp³-hybridized carbons (Fsp3) is 0.333. The van der Waals surface area contributed by atoms with Crippen molar-refractivity contribution >= 4 is 17.7 Å². The molecule has 0 aliphatic carbocycles. The van der Waals surface area contributed by atoms with E-state index in [4.69, 9.17) is 10.2 Å². The molecule has 3 N–H and O–H groups in total. The first-order valence-electron chi connectivity index (χ1n) is 10.6. The normalized spacial score (nSPS) is 17.0. The van der Waals surface area contributed by atoms with Gasteiger partial charge in [-0.3, -0.25) is 4.90 Å². The number of anilines is 2. The summed E-state index contributed by atoms with van der Waals surface area (Å²) in [6.45, 7) is 1.11. The van der Waals surface area contributed by atoms with Gasteiger partial charge in [-0.2, -0.15) is 32.6 Å². The maximum Gasteiger partial charge on any atom is 0.416 e. The predicted octanol–water partition coefficient (Wildman–Crippen LogP) is 3.60. The van der Waals surface area contributed by atoms with Crippen molar-refractivity contribution in [3.63, 3.8) is 0 Å². The van der Waals surface area contributed by atoms with E-state index in [-0.39, 0.29) is 35.8 Å². The summed E-state index contributed by atoms with van der Waals surface area (Å²) in [6, 6.07) is 5.86. The first-order valence-corrected chi connectivity index (χ1v) is 10.6. The van der Waals surface area contributed by atoms with Crippen molar-refractivity contribution in [2.45, 2.75) is 31.6 Å². The second-order valence-corrected chi connectivity index (χ2v) is 7.98. The quantitative estimate of drug-likeness (QED) is 0.406. The Kier molecular flexibility index (Phi) is 5.55. The molecular weight excluding hydrogens is 456 g/mol. The summed E-state index contributed by atoms with van der Waals surface area (Å²) in [6.07, 6.45) is -1.39. The molecule has 0 radical (unpaired) electrons. The van der Waals surface area contributed by atoms with Gasteiger partial charge in [0.1, 0.15) is 5.82 Å². The molecule has 0 amide bonds. The Bertz CT molecular complexity index is 1300. The van der Waals surface area contributed by atoms with Gasteiger partial charge in [0.25, 0.3) is 5.78 Å². The molecule has 1 fully saturated rings. The fourth-order valence-corrected chi connectivity index (χ4v) is 4.03. The van der Waals surface area contributed by atoms with Crippen LogP contribution in [0.2, 0.25) is 0 Å². The van der Waals surface area contributed by atoms with E-state index in [0.29, 0.717) is 24.7 Å². The monoisotopic (exact) mass is 476 g/mol. The molecule has 5 rings (SSSR count). The van der Waals surface area contributed by atoms with Gasteiger partial charge in [0, 0.05) is 24.7 Å². The maximum absolute atomic E-state index is 14.2. The predicted molar refractivity (Wildman–Crippen MR) is 114 cm³/mol. The van der Waals surface area contributed by atoms with Gasteiger partial charge in [-0.1, -0.05) is 0 Å². The number of rotatable bonds is 6. The number of nitrogens with zero attached hydrogens (tertiary/aromatic N) is 6. The minimum absolute atomic E-state index is 0.0116. The van der Waals surface area contributed by atoms with Crippen LogP contribution in [0.4, 0.5) is 29.5 Å². The van der Waals surface area contributed by atoms with E-state index in [1.165, 1.54) is 10.8 Å². The molecule has 9 nitrogen and oxygen atoms in total. The molecule has 0 saturated carbocycles. The van der Waals surface area contributed by atoms with E-state index in [1.54, 1.807) is 12.1 Å². The number of nitrogens with one attached hydrogen (secondary N) is 1. The van der Waals surface area contributed by atoms with Gasteiger partial charge in [0.2, 0.25) is 17.7 Å². The minimum atomic E-state index is -4.52. The lowest BCUT2D eigenvalue weighted by atomic mass is 10.1. The average Bonchev–Trinajstić information content (AvgIpc) is 3.54. The SMILES string of the molecule is Nc1nc(NCC2CCCN2Cc2cc(C(F)(F)F)ccc2F)nc2nc(-c3ccco3)nn12. The number of hydrogen-bond donors (Lipinski definition) is 2. The Morgan fingerprint density at radius 1 is 1.18 bits per heavy atom. The lowest BCUT2D eigenvalue weighted by Gasteiger charge is -2.25. The number of fused-ring (bicyclic) bond motifs is 1. The standard InChI is InChI=1S/C21H20F4N8O/c22-15-6-5-13(21(23,24)25)9-12(15)11-32-7-1-3-14(32)10-27-19-29-18(26)33-20(30-19)28-17(31-33)16-4-2-8-34-16/h2,4-6,8-9,14H,1,3,7,10-11H2,(H3,26,27,28,29,30,31). The first kappa shape index (κ1) is 22.1. The van der Waals surface area contributed by atoms with Crippen molar-refractivity contribution in [3.8, 4) is 11.6 Å². The van der Waals surface area contributed by atoms with E-state index in [2.05, 4.69) is 25.4 Å². The first-order chi connectivity index (χ1) is 16.3. The second kappa shape index (κ2) is 8.56. The van der Waals surface area contributed by atoms with Crippen molar-refractivity contribution in [2.24, 2.45) is 0 Å². The van der Waals surface area contributed by atoms with Gasteiger partial charge in [0.15, 0.2) is 5.76 Å². The highest BCUT2D eigenvalue weighted by molar-refractivity contribution is 5.52. The van der Waals surface area contributed by atoms with E-state index in [0.717, 1.165) is 31.0 Å². The topological polar surface area (TPSA) is 110 Å². The molecule has 1 unspecified atom stereocenters. The number of likely N-dealkylation sites (tertiary alicyclic amines) is 1. The average molecular weight is 476 g/mol. The lowest BCUT2D eigenvalue weighted by molar-refractivity contribution is -0.137. The number of furan rings is 1. The van der Waals surface area contributed by atoms with Crippen LogP contribution >= 0.6 is 0 Å². The number of halogens is 4. The zero-order valence-corrected chi connectivity index (χ0v) is 17.8. The summed E-state index contributed by atoms with van der Waals surface area (Å²) in [5.41, 5.74) is 5.15. The van der Waals surface area contributed by atoms with E-state index >= 15 is 0 Å². The van der Waals surface area contributed by atoms with Crippen molar-refractivity contribution in [2.75, 3.05) is 24.1 Å². The van der Waals surface area contributed by atoms with Gasteiger partial charge < -0.3 is 15.5 Å². The van der Waals surface area contributed by atoms with Crippen LogP contribution in [-0.4, -0.2) is 48.6 Å². The number of nitrogen functional groups attached to an aromatic ring is 1. The van der Waals surface area contributed by atoms with Crippen molar-refractivity contribution in [1.29, 1.82) is 0 Å². The molecule has 0 spiro atoms. The van der Waals surface area contributed by atoms with E-state index in [9.17, 15) is 17.6 Å². The Hall–Kier alpha value is -3.74. The lowest BCUT2D eigenvalue weighted by Crippen LogP contribution is -2.35. The Labute approximate surface area is 190 Å². The number of alkyl halides is 3. The van der Waals surface area contributed by atoms with Crippen LogP contribution in [0, 0.1) is 5.82 Å². The van der Waals surface area contributed by atoms with Gasteiger partial charge in [-0.05, 0) is 49.7 Å². The fourth-order valence-electron chi connectivity index (χ4n) is 4.03. The summed E-state index contributed by atoms with van der Waals surface area (Å²) in [5.74, 6) is 0.659. The highest BCUT2D eigenvalue weighted by atomic mass is 19.4. The molecule has 3 aromatic heterocycles. The van der Waals surface area contributed by atoms with Gasteiger partial charge >= 0.3 is 6.18 Å². The van der Waals surface area contributed by atoms with Gasteiger partial charge in [-0.25, -0.2) is 4.39 Å². The van der Waals surface area contributed by atoms with Crippen LogP contribution in [0.3, 0.4) is 0 Å².